The number of hydrogen-bond acceptors (Lipinski definition) is 7. The first-order chi connectivity index (χ1) is 11.8. The highest BCUT2D eigenvalue weighted by atomic mass is 16.7. The summed E-state index contributed by atoms with van der Waals surface area (Å²) in [5.41, 5.74) is 1.60. The van der Waals surface area contributed by atoms with E-state index in [0.29, 0.717) is 23.9 Å². The Morgan fingerprint density at radius 1 is 1.12 bits per heavy atom. The Morgan fingerprint density at radius 3 is 2.83 bits per heavy atom. The largest absolute Gasteiger partial charge is 0.454 e. The molecule has 4 rings (SSSR count). The average molecular weight is 324 g/mol. The summed E-state index contributed by atoms with van der Waals surface area (Å²) >= 11 is 0. The van der Waals surface area contributed by atoms with Gasteiger partial charge in [0.05, 0.1) is 0 Å². The molecule has 0 saturated heterocycles. The highest BCUT2D eigenvalue weighted by Crippen LogP contribution is 2.32. The summed E-state index contributed by atoms with van der Waals surface area (Å²) in [6.45, 7) is 0.521. The van der Waals surface area contributed by atoms with Crippen molar-refractivity contribution in [2.45, 2.75) is 6.54 Å². The van der Waals surface area contributed by atoms with E-state index in [2.05, 4.69) is 20.4 Å². The Hall–Kier alpha value is -3.42. The quantitative estimate of drug-likeness (QED) is 0.781. The van der Waals surface area contributed by atoms with E-state index in [1.54, 1.807) is 30.6 Å². The molecule has 0 unspecified atom stereocenters. The molecule has 3 aromatic rings. The molecule has 0 aliphatic carbocycles. The molecule has 0 bridgehead atoms. The molecule has 0 spiro atoms. The number of aromatic nitrogens is 3. The standard InChI is InChI=1S/C16H12N4O4/c21-15(16-19-14(20-24-16)11-3-5-17-6-4-11)18-8-10-1-2-12-13(7-10)23-9-22-12/h1-7H,8-9H2,(H,18,21). The highest BCUT2D eigenvalue weighted by molar-refractivity contribution is 5.89. The van der Waals surface area contributed by atoms with Crippen molar-refractivity contribution in [2.24, 2.45) is 0 Å². The van der Waals surface area contributed by atoms with Crippen molar-refractivity contribution in [3.8, 4) is 22.9 Å². The van der Waals surface area contributed by atoms with Crippen LogP contribution in [0.5, 0.6) is 11.5 Å². The van der Waals surface area contributed by atoms with Gasteiger partial charge in [0.1, 0.15) is 0 Å². The Labute approximate surface area is 136 Å². The number of amides is 1. The van der Waals surface area contributed by atoms with Gasteiger partial charge in [-0.25, -0.2) is 0 Å². The maximum absolute atomic E-state index is 12.1. The monoisotopic (exact) mass is 324 g/mol. The van der Waals surface area contributed by atoms with Crippen molar-refractivity contribution in [1.82, 2.24) is 20.4 Å². The minimum absolute atomic E-state index is 0.0949. The van der Waals surface area contributed by atoms with E-state index >= 15 is 0 Å². The Balaban J connectivity index is 1.42. The summed E-state index contributed by atoms with van der Waals surface area (Å²) in [5, 5.41) is 6.53. The van der Waals surface area contributed by atoms with Crippen LogP contribution in [-0.4, -0.2) is 27.8 Å². The molecular weight excluding hydrogens is 312 g/mol. The van der Waals surface area contributed by atoms with Crippen LogP contribution in [0, 0.1) is 0 Å². The van der Waals surface area contributed by atoms with Crippen molar-refractivity contribution in [1.29, 1.82) is 0 Å². The van der Waals surface area contributed by atoms with Crippen molar-refractivity contribution in [2.75, 3.05) is 6.79 Å². The topological polar surface area (TPSA) is 99.4 Å². The molecule has 1 aliphatic rings. The number of benzene rings is 1. The lowest BCUT2D eigenvalue weighted by Crippen LogP contribution is -2.23. The minimum Gasteiger partial charge on any atom is -0.454 e. The molecule has 1 aliphatic heterocycles. The van der Waals surface area contributed by atoms with Gasteiger partial charge < -0.3 is 19.3 Å². The number of hydrogen-bond donors (Lipinski definition) is 1. The Kier molecular flexibility index (Phi) is 3.54. The van der Waals surface area contributed by atoms with Gasteiger partial charge in [0.25, 0.3) is 0 Å². The summed E-state index contributed by atoms with van der Waals surface area (Å²) in [6, 6.07) is 8.94. The van der Waals surface area contributed by atoms with Crippen LogP contribution in [-0.2, 0) is 6.54 Å². The number of nitrogens with one attached hydrogen (secondary N) is 1. The smallest absolute Gasteiger partial charge is 0.316 e. The van der Waals surface area contributed by atoms with Crippen molar-refractivity contribution in [3.63, 3.8) is 0 Å². The highest BCUT2D eigenvalue weighted by Gasteiger charge is 2.17. The molecule has 24 heavy (non-hydrogen) atoms. The molecule has 8 nitrogen and oxygen atoms in total. The zero-order valence-electron chi connectivity index (χ0n) is 12.4. The van der Waals surface area contributed by atoms with Gasteiger partial charge in [0.15, 0.2) is 11.5 Å². The fourth-order valence-electron chi connectivity index (χ4n) is 2.24. The molecular formula is C16H12N4O4. The third-order valence-electron chi connectivity index (χ3n) is 3.45. The third-order valence-corrected chi connectivity index (χ3v) is 3.45. The molecule has 1 aromatic carbocycles. The SMILES string of the molecule is O=C(NCc1ccc2c(c1)OCO2)c1nc(-c2ccncc2)no1. The van der Waals surface area contributed by atoms with E-state index in [1.165, 1.54) is 0 Å². The lowest BCUT2D eigenvalue weighted by atomic mass is 10.2. The van der Waals surface area contributed by atoms with Crippen LogP contribution in [0.2, 0.25) is 0 Å². The van der Waals surface area contributed by atoms with Crippen molar-refractivity contribution in [3.05, 3.63) is 54.2 Å². The van der Waals surface area contributed by atoms with E-state index in [1.807, 2.05) is 12.1 Å². The van der Waals surface area contributed by atoms with Crippen LogP contribution in [0.15, 0.2) is 47.2 Å². The molecule has 8 heteroatoms. The van der Waals surface area contributed by atoms with E-state index in [9.17, 15) is 4.79 Å². The molecule has 0 fully saturated rings. The minimum atomic E-state index is -0.444. The Bertz CT molecular complexity index is 879. The van der Waals surface area contributed by atoms with Gasteiger partial charge in [-0.3, -0.25) is 9.78 Å². The van der Waals surface area contributed by atoms with Gasteiger partial charge in [0, 0.05) is 24.5 Å². The van der Waals surface area contributed by atoms with Gasteiger partial charge in [-0.05, 0) is 29.8 Å². The number of carbonyl (C=O) groups excluding carboxylic acids is 1. The van der Waals surface area contributed by atoms with Gasteiger partial charge >= 0.3 is 11.8 Å². The maximum Gasteiger partial charge on any atom is 0.316 e. The fraction of sp³-hybridized carbons (Fsp3) is 0.125. The van der Waals surface area contributed by atoms with E-state index < -0.39 is 5.91 Å². The van der Waals surface area contributed by atoms with Crippen molar-refractivity contribution < 1.29 is 18.8 Å². The molecule has 2 aromatic heterocycles. The lowest BCUT2D eigenvalue weighted by molar-refractivity contribution is 0.0907. The predicted molar refractivity (Wildman–Crippen MR) is 81.3 cm³/mol. The van der Waals surface area contributed by atoms with Crippen LogP contribution in [0.3, 0.4) is 0 Å². The van der Waals surface area contributed by atoms with Gasteiger partial charge in [0.2, 0.25) is 12.6 Å². The summed E-state index contributed by atoms with van der Waals surface area (Å²) in [7, 11) is 0. The molecule has 0 saturated carbocycles. The molecule has 0 radical (unpaired) electrons. The van der Waals surface area contributed by atoms with E-state index in [4.69, 9.17) is 14.0 Å². The summed E-state index contributed by atoms with van der Waals surface area (Å²) in [4.78, 5) is 20.1. The summed E-state index contributed by atoms with van der Waals surface area (Å²) in [6.07, 6.45) is 3.23. The van der Waals surface area contributed by atoms with Crippen LogP contribution in [0.1, 0.15) is 16.2 Å². The first-order valence-electron chi connectivity index (χ1n) is 7.20. The summed E-state index contributed by atoms with van der Waals surface area (Å²) < 4.78 is 15.6. The molecule has 1 N–H and O–H groups in total. The first-order valence-corrected chi connectivity index (χ1v) is 7.20. The van der Waals surface area contributed by atoms with Gasteiger partial charge in [-0.15, -0.1) is 0 Å². The molecule has 1 amide bonds. The van der Waals surface area contributed by atoms with Crippen molar-refractivity contribution >= 4 is 5.91 Å². The normalized spacial score (nSPS) is 12.2. The lowest BCUT2D eigenvalue weighted by Gasteiger charge is -2.03. The van der Waals surface area contributed by atoms with Gasteiger partial charge in [-0.1, -0.05) is 11.2 Å². The maximum atomic E-state index is 12.1. The Morgan fingerprint density at radius 2 is 1.96 bits per heavy atom. The van der Waals surface area contributed by atoms with E-state index in [0.717, 1.165) is 11.1 Å². The molecule has 120 valence electrons. The second kappa shape index (κ2) is 5.99. The van der Waals surface area contributed by atoms with Gasteiger partial charge in [-0.2, -0.15) is 4.98 Å². The fourth-order valence-corrected chi connectivity index (χ4v) is 2.24. The zero-order valence-corrected chi connectivity index (χ0v) is 12.4. The average Bonchev–Trinajstić information content (AvgIpc) is 3.29. The number of rotatable bonds is 4. The van der Waals surface area contributed by atoms with Crippen LogP contribution in [0.4, 0.5) is 0 Å². The molecule has 3 heterocycles. The number of carbonyl (C=O) groups is 1. The predicted octanol–water partition coefficient (Wildman–Crippen LogP) is 1.79. The molecule has 0 atom stereocenters. The number of ether oxygens (including phenoxy) is 2. The number of pyridine rings is 1. The number of fused-ring (bicyclic) bond motifs is 1. The third kappa shape index (κ3) is 2.76. The van der Waals surface area contributed by atoms with Crippen LogP contribution >= 0.6 is 0 Å². The first kappa shape index (κ1) is 14.2. The second-order valence-electron chi connectivity index (χ2n) is 5.03. The summed E-state index contributed by atoms with van der Waals surface area (Å²) in [5.74, 6) is 1.16. The van der Waals surface area contributed by atoms with Crippen LogP contribution in [0.25, 0.3) is 11.4 Å². The second-order valence-corrected chi connectivity index (χ2v) is 5.03. The van der Waals surface area contributed by atoms with Crippen LogP contribution < -0.4 is 14.8 Å². The van der Waals surface area contributed by atoms with E-state index in [-0.39, 0.29) is 12.7 Å². The zero-order chi connectivity index (χ0) is 16.4. The number of nitrogens with zero attached hydrogens (tertiary/aromatic N) is 3.